The van der Waals surface area contributed by atoms with Crippen molar-refractivity contribution < 1.29 is 18.4 Å². The lowest BCUT2D eigenvalue weighted by molar-refractivity contribution is 0.102. The summed E-state index contributed by atoms with van der Waals surface area (Å²) in [5.74, 6) is 2.30. The Morgan fingerprint density at radius 3 is 1.31 bits per heavy atom. The predicted octanol–water partition coefficient (Wildman–Crippen LogP) is 10.7. The van der Waals surface area contributed by atoms with Crippen molar-refractivity contribution in [3.8, 4) is 34.0 Å². The number of carbonyl (C=O) groups is 2. The zero-order chi connectivity index (χ0) is 35.9. The summed E-state index contributed by atoms with van der Waals surface area (Å²) < 4.78 is 11.6. The molecule has 0 aliphatic carbocycles. The van der Waals surface area contributed by atoms with Crippen molar-refractivity contribution >= 4 is 45.0 Å². The Morgan fingerprint density at radius 2 is 0.923 bits per heavy atom. The molecule has 8 rings (SSSR count). The van der Waals surface area contributed by atoms with Crippen LogP contribution in [0, 0.1) is 27.7 Å². The second-order valence-electron chi connectivity index (χ2n) is 12.9. The van der Waals surface area contributed by atoms with Gasteiger partial charge in [-0.1, -0.05) is 48.5 Å². The van der Waals surface area contributed by atoms with Crippen LogP contribution in [0.25, 0.3) is 55.8 Å². The third-order valence-corrected chi connectivity index (χ3v) is 9.19. The predicted molar refractivity (Wildman–Crippen MR) is 206 cm³/mol. The highest BCUT2D eigenvalue weighted by Gasteiger charge is 2.19. The molecule has 0 fully saturated rings. The minimum atomic E-state index is -0.233. The van der Waals surface area contributed by atoms with E-state index in [0.29, 0.717) is 56.4 Å². The number of aryl methyl sites for hydroxylation is 4. The Bertz CT molecular complexity index is 2500. The van der Waals surface area contributed by atoms with Crippen molar-refractivity contribution in [1.29, 1.82) is 0 Å². The first-order valence-corrected chi connectivity index (χ1v) is 17.0. The maximum absolute atomic E-state index is 13.7. The van der Waals surface area contributed by atoms with Crippen molar-refractivity contribution in [2.45, 2.75) is 27.7 Å². The van der Waals surface area contributed by atoms with Gasteiger partial charge in [-0.3, -0.25) is 9.59 Å². The highest BCUT2D eigenvalue weighted by molar-refractivity contribution is 6.14. The topological polar surface area (TPSA) is 110 Å². The van der Waals surface area contributed by atoms with Crippen molar-refractivity contribution in [3.63, 3.8) is 0 Å². The van der Waals surface area contributed by atoms with Crippen LogP contribution in [0.3, 0.4) is 0 Å². The smallest absolute Gasteiger partial charge is 0.256 e. The van der Waals surface area contributed by atoms with Crippen LogP contribution < -0.4 is 10.6 Å². The van der Waals surface area contributed by atoms with E-state index >= 15 is 0 Å². The number of benzene rings is 4. The summed E-state index contributed by atoms with van der Waals surface area (Å²) >= 11 is 0. The van der Waals surface area contributed by atoms with Crippen LogP contribution in [0.4, 0.5) is 11.4 Å². The summed E-state index contributed by atoms with van der Waals surface area (Å²) in [6.07, 6.45) is 0. The molecule has 2 amide bonds. The normalized spacial score (nSPS) is 11.2. The van der Waals surface area contributed by atoms with E-state index < -0.39 is 0 Å². The average molecular weight is 683 g/mol. The molecule has 4 heterocycles. The van der Waals surface area contributed by atoms with Crippen LogP contribution in [0.1, 0.15) is 43.4 Å². The molecule has 8 aromatic rings. The van der Waals surface area contributed by atoms with E-state index in [-0.39, 0.29) is 11.8 Å². The largest absolute Gasteiger partial charge is 0.460 e. The molecule has 254 valence electrons. The Balaban J connectivity index is 1.03. The Kier molecular flexibility index (Phi) is 8.20. The standard InChI is InChI=1S/C44H34N4O4/c1-25-21-29(15-17-35(25)47-43(49)33-23-39(41-19-13-27(3)51-41)45-37-11-7-5-9-31(33)37)30-16-18-36(26(2)22-30)48-44(50)34-24-40(42-20-14-28(4)52-42)46-38-12-8-6-10-32(34)38/h5-24H,1-4H3,(H,47,49)(H,48,50). The second kappa shape index (κ2) is 13.2. The fourth-order valence-electron chi connectivity index (χ4n) is 6.47. The van der Waals surface area contributed by atoms with Gasteiger partial charge >= 0.3 is 0 Å². The van der Waals surface area contributed by atoms with Crippen LogP contribution in [0.2, 0.25) is 0 Å². The minimum absolute atomic E-state index is 0.233. The molecule has 0 unspecified atom stereocenters. The zero-order valence-corrected chi connectivity index (χ0v) is 29.1. The van der Waals surface area contributed by atoms with Gasteiger partial charge in [-0.25, -0.2) is 9.97 Å². The summed E-state index contributed by atoms with van der Waals surface area (Å²) in [5.41, 5.74) is 8.86. The fraction of sp³-hybridized carbons (Fsp3) is 0.0909. The van der Waals surface area contributed by atoms with Crippen LogP contribution in [0.5, 0.6) is 0 Å². The van der Waals surface area contributed by atoms with Crippen LogP contribution in [0.15, 0.2) is 130 Å². The molecule has 0 aliphatic heterocycles. The van der Waals surface area contributed by atoms with E-state index in [1.54, 1.807) is 12.1 Å². The summed E-state index contributed by atoms with van der Waals surface area (Å²) in [6, 6.07) is 38.1. The maximum atomic E-state index is 13.7. The SMILES string of the molecule is Cc1ccc(-c2cc(C(=O)Nc3ccc(-c4ccc(NC(=O)c5cc(-c6ccc(C)o6)nc6ccccc56)c(C)c4)cc3C)c3ccccc3n2)o1. The number of hydrogen-bond donors (Lipinski definition) is 2. The fourth-order valence-corrected chi connectivity index (χ4v) is 6.47. The molecule has 0 saturated carbocycles. The number of furan rings is 2. The summed E-state index contributed by atoms with van der Waals surface area (Å²) in [7, 11) is 0. The van der Waals surface area contributed by atoms with Crippen LogP contribution in [-0.4, -0.2) is 21.8 Å². The van der Waals surface area contributed by atoms with E-state index in [4.69, 9.17) is 18.8 Å². The number of aromatic nitrogens is 2. The third-order valence-electron chi connectivity index (χ3n) is 9.19. The molecule has 0 spiro atoms. The summed E-state index contributed by atoms with van der Waals surface area (Å²) in [6.45, 7) is 7.70. The number of para-hydroxylation sites is 2. The first-order valence-electron chi connectivity index (χ1n) is 17.0. The van der Waals surface area contributed by atoms with E-state index in [0.717, 1.165) is 44.5 Å². The first kappa shape index (κ1) is 32.4. The molecule has 0 aliphatic rings. The van der Waals surface area contributed by atoms with Crippen LogP contribution in [-0.2, 0) is 0 Å². The van der Waals surface area contributed by atoms with Gasteiger partial charge in [0.05, 0.1) is 22.2 Å². The second-order valence-corrected chi connectivity index (χ2v) is 12.9. The minimum Gasteiger partial charge on any atom is -0.460 e. The number of nitrogens with zero attached hydrogens (tertiary/aromatic N) is 2. The lowest BCUT2D eigenvalue weighted by atomic mass is 9.99. The number of amides is 2. The van der Waals surface area contributed by atoms with E-state index in [1.807, 2.05) is 137 Å². The number of rotatable bonds is 7. The molecule has 2 N–H and O–H groups in total. The molecule has 4 aromatic heterocycles. The van der Waals surface area contributed by atoms with E-state index in [9.17, 15) is 9.59 Å². The van der Waals surface area contributed by atoms with Crippen molar-refractivity contribution in [2.24, 2.45) is 0 Å². The number of pyridine rings is 2. The van der Waals surface area contributed by atoms with E-state index in [2.05, 4.69) is 10.6 Å². The van der Waals surface area contributed by atoms with Gasteiger partial charge in [-0.2, -0.15) is 0 Å². The lowest BCUT2D eigenvalue weighted by Crippen LogP contribution is -2.14. The van der Waals surface area contributed by atoms with Crippen LogP contribution >= 0.6 is 0 Å². The number of anilines is 2. The molecule has 0 atom stereocenters. The molecule has 8 heteroatoms. The molecule has 0 bridgehead atoms. The number of nitrogens with one attached hydrogen (secondary N) is 2. The van der Waals surface area contributed by atoms with Gasteiger partial charge in [-0.15, -0.1) is 0 Å². The molecule has 52 heavy (non-hydrogen) atoms. The highest BCUT2D eigenvalue weighted by atomic mass is 16.3. The molecular formula is C44H34N4O4. The average Bonchev–Trinajstić information content (AvgIpc) is 3.80. The molecule has 8 nitrogen and oxygen atoms in total. The lowest BCUT2D eigenvalue weighted by Gasteiger charge is -2.14. The van der Waals surface area contributed by atoms with Crippen molar-refractivity contribution in [2.75, 3.05) is 10.6 Å². The van der Waals surface area contributed by atoms with E-state index in [1.165, 1.54) is 0 Å². The molecular weight excluding hydrogens is 649 g/mol. The van der Waals surface area contributed by atoms with Gasteiger partial charge in [0.1, 0.15) is 22.9 Å². The van der Waals surface area contributed by atoms with Gasteiger partial charge < -0.3 is 19.5 Å². The molecule has 4 aromatic carbocycles. The highest BCUT2D eigenvalue weighted by Crippen LogP contribution is 2.32. The first-order chi connectivity index (χ1) is 25.2. The zero-order valence-electron chi connectivity index (χ0n) is 29.1. The van der Waals surface area contributed by atoms with Gasteiger partial charge in [0.2, 0.25) is 0 Å². The van der Waals surface area contributed by atoms with Crippen molar-refractivity contribution in [3.05, 3.63) is 155 Å². The summed E-state index contributed by atoms with van der Waals surface area (Å²) in [4.78, 5) is 37.0. The quantitative estimate of drug-likeness (QED) is 0.173. The third kappa shape index (κ3) is 6.22. The number of fused-ring (bicyclic) bond motifs is 2. The Morgan fingerprint density at radius 1 is 0.500 bits per heavy atom. The molecule has 0 saturated heterocycles. The Labute approximate surface area is 300 Å². The molecule has 0 radical (unpaired) electrons. The van der Waals surface area contributed by atoms with Gasteiger partial charge in [0, 0.05) is 22.1 Å². The monoisotopic (exact) mass is 682 g/mol. The number of hydrogen-bond acceptors (Lipinski definition) is 6. The van der Waals surface area contributed by atoms with Crippen molar-refractivity contribution in [1.82, 2.24) is 9.97 Å². The number of carbonyl (C=O) groups excluding carboxylic acids is 2. The maximum Gasteiger partial charge on any atom is 0.256 e. The Hall–Kier alpha value is -6.80. The van der Waals surface area contributed by atoms with Gasteiger partial charge in [0.25, 0.3) is 11.8 Å². The summed E-state index contributed by atoms with van der Waals surface area (Å²) in [5, 5.41) is 7.74. The van der Waals surface area contributed by atoms with Gasteiger partial charge in [-0.05, 0) is 123 Å². The van der Waals surface area contributed by atoms with Gasteiger partial charge in [0.15, 0.2) is 11.5 Å².